The average Bonchev–Trinajstić information content (AvgIpc) is 2.99. The molecule has 0 amide bonds. The van der Waals surface area contributed by atoms with Crippen LogP contribution in [0.15, 0.2) is 30.5 Å². The van der Waals surface area contributed by atoms with Crippen molar-refractivity contribution in [3.05, 3.63) is 40.6 Å². The maximum absolute atomic E-state index is 13.1. The van der Waals surface area contributed by atoms with Crippen molar-refractivity contribution >= 4 is 28.2 Å². The molecular weight excluding hydrogens is 343 g/mol. The van der Waals surface area contributed by atoms with Gasteiger partial charge in [-0.3, -0.25) is 19.9 Å². The van der Waals surface area contributed by atoms with Crippen LogP contribution in [0.5, 0.6) is 0 Å². The Morgan fingerprint density at radius 3 is 2.60 bits per heavy atom. The molecular formula is C15H12F3N3O4. The van der Waals surface area contributed by atoms with Crippen molar-refractivity contribution in [1.82, 2.24) is 4.98 Å². The number of carbonyl (C=O) groups is 1. The Balaban J connectivity index is 2.07. The number of carboxylic acid groups (broad SMARTS) is 1. The number of non-ortho nitro benzene ring substituents is 1. The summed E-state index contributed by atoms with van der Waals surface area (Å²) in [5.41, 5.74) is 0.205. The van der Waals surface area contributed by atoms with E-state index >= 15 is 0 Å². The first-order chi connectivity index (χ1) is 11.7. The number of carboxylic acids is 1. The lowest BCUT2D eigenvalue weighted by atomic mass is 9.96. The molecule has 1 N–H and O–H groups in total. The Morgan fingerprint density at radius 2 is 2.04 bits per heavy atom. The second kappa shape index (κ2) is 5.87. The van der Waals surface area contributed by atoms with Gasteiger partial charge in [-0.15, -0.1) is 0 Å². The van der Waals surface area contributed by atoms with Crippen LogP contribution in [0, 0.1) is 22.0 Å². The molecule has 0 spiro atoms. The smallest absolute Gasteiger partial charge is 0.394 e. The zero-order valence-corrected chi connectivity index (χ0v) is 12.6. The number of nitro benzene ring substituents is 1. The third-order valence-electron chi connectivity index (χ3n) is 4.32. The zero-order valence-electron chi connectivity index (χ0n) is 12.6. The predicted molar refractivity (Wildman–Crippen MR) is 81.3 cm³/mol. The van der Waals surface area contributed by atoms with Gasteiger partial charge in [0.15, 0.2) is 0 Å². The van der Waals surface area contributed by atoms with E-state index in [-0.39, 0.29) is 28.8 Å². The van der Waals surface area contributed by atoms with Gasteiger partial charge < -0.3 is 10.0 Å². The van der Waals surface area contributed by atoms with Gasteiger partial charge in [-0.1, -0.05) is 0 Å². The van der Waals surface area contributed by atoms with Crippen LogP contribution in [0.4, 0.5) is 24.5 Å². The summed E-state index contributed by atoms with van der Waals surface area (Å²) < 4.78 is 39.4. The summed E-state index contributed by atoms with van der Waals surface area (Å²) in [7, 11) is 0. The number of hydrogen-bond acceptors (Lipinski definition) is 5. The summed E-state index contributed by atoms with van der Waals surface area (Å²) in [6.07, 6.45) is -3.27. The van der Waals surface area contributed by atoms with Crippen LogP contribution < -0.4 is 4.90 Å². The highest BCUT2D eigenvalue weighted by Crippen LogP contribution is 2.41. The van der Waals surface area contributed by atoms with Crippen molar-refractivity contribution < 1.29 is 28.0 Å². The van der Waals surface area contributed by atoms with Gasteiger partial charge in [-0.25, -0.2) is 0 Å². The molecule has 1 aliphatic rings. The van der Waals surface area contributed by atoms with Crippen LogP contribution in [0.2, 0.25) is 0 Å². The molecule has 7 nitrogen and oxygen atoms in total. The highest BCUT2D eigenvalue weighted by Gasteiger charge is 2.52. The van der Waals surface area contributed by atoms with Gasteiger partial charge in [0.1, 0.15) is 5.52 Å². The van der Waals surface area contributed by atoms with E-state index in [1.807, 2.05) is 0 Å². The fourth-order valence-electron chi connectivity index (χ4n) is 3.14. The van der Waals surface area contributed by atoms with Gasteiger partial charge in [0, 0.05) is 25.4 Å². The zero-order chi connectivity index (χ0) is 18.4. The number of fused-ring (bicyclic) bond motifs is 1. The van der Waals surface area contributed by atoms with Gasteiger partial charge in [0.2, 0.25) is 0 Å². The molecule has 25 heavy (non-hydrogen) atoms. The maximum atomic E-state index is 13.1. The molecule has 1 aromatic carbocycles. The molecule has 0 unspecified atom stereocenters. The summed E-state index contributed by atoms with van der Waals surface area (Å²) in [5, 5.41) is 20.4. The standard InChI is InChI=1S/C15H12F3N3O4/c16-15(17,18)10-7-20(6-9(10)14(22)23)12-4-3-11(21(24)25)8-2-1-5-19-13(8)12/h1-5,9-10H,6-7H2,(H,22,23)/t9-,10-/m1/s1. The summed E-state index contributed by atoms with van der Waals surface area (Å²) in [4.78, 5) is 27.0. The largest absolute Gasteiger partial charge is 0.481 e. The lowest BCUT2D eigenvalue weighted by Gasteiger charge is -2.20. The number of hydrogen-bond donors (Lipinski definition) is 1. The number of anilines is 1. The molecule has 1 aromatic heterocycles. The maximum Gasteiger partial charge on any atom is 0.394 e. The molecule has 0 aliphatic carbocycles. The molecule has 0 bridgehead atoms. The quantitative estimate of drug-likeness (QED) is 0.672. The summed E-state index contributed by atoms with van der Waals surface area (Å²) in [6, 6.07) is 5.44. The van der Waals surface area contributed by atoms with E-state index in [1.165, 1.54) is 35.4 Å². The fraction of sp³-hybridized carbons (Fsp3) is 0.333. The van der Waals surface area contributed by atoms with Crippen LogP contribution in [0.1, 0.15) is 0 Å². The van der Waals surface area contributed by atoms with Crippen LogP contribution in [0.25, 0.3) is 10.9 Å². The van der Waals surface area contributed by atoms with Gasteiger partial charge in [0.05, 0.1) is 27.8 Å². The topological polar surface area (TPSA) is 96.6 Å². The lowest BCUT2D eigenvalue weighted by molar-refractivity contribution is -0.383. The van der Waals surface area contributed by atoms with Crippen molar-refractivity contribution in [1.29, 1.82) is 0 Å². The summed E-state index contributed by atoms with van der Waals surface area (Å²) in [6.45, 7) is -0.882. The number of aromatic nitrogens is 1. The number of benzene rings is 1. The van der Waals surface area contributed by atoms with Gasteiger partial charge >= 0.3 is 12.1 Å². The first-order valence-corrected chi connectivity index (χ1v) is 7.26. The summed E-state index contributed by atoms with van der Waals surface area (Å²) in [5.74, 6) is -5.14. The van der Waals surface area contributed by atoms with Crippen LogP contribution in [-0.4, -0.2) is 40.2 Å². The number of pyridine rings is 1. The van der Waals surface area contributed by atoms with E-state index in [0.29, 0.717) is 0 Å². The molecule has 2 aromatic rings. The van der Waals surface area contributed by atoms with Crippen molar-refractivity contribution in [2.24, 2.45) is 11.8 Å². The molecule has 3 rings (SSSR count). The first-order valence-electron chi connectivity index (χ1n) is 7.26. The highest BCUT2D eigenvalue weighted by atomic mass is 19.4. The Bertz CT molecular complexity index is 856. The first kappa shape index (κ1) is 16.9. The molecule has 1 saturated heterocycles. The van der Waals surface area contributed by atoms with E-state index in [0.717, 1.165) is 0 Å². The monoisotopic (exact) mass is 355 g/mol. The third kappa shape index (κ3) is 2.94. The van der Waals surface area contributed by atoms with Crippen molar-refractivity contribution in [3.63, 3.8) is 0 Å². The second-order valence-corrected chi connectivity index (χ2v) is 5.76. The number of nitro groups is 1. The highest BCUT2D eigenvalue weighted by molar-refractivity contribution is 5.97. The molecule has 2 heterocycles. The van der Waals surface area contributed by atoms with Crippen LogP contribution >= 0.6 is 0 Å². The van der Waals surface area contributed by atoms with Crippen molar-refractivity contribution in [3.8, 4) is 0 Å². The molecule has 10 heteroatoms. The van der Waals surface area contributed by atoms with Gasteiger partial charge in [-0.05, 0) is 18.2 Å². The van der Waals surface area contributed by atoms with Crippen molar-refractivity contribution in [2.75, 3.05) is 18.0 Å². The number of aliphatic carboxylic acids is 1. The van der Waals surface area contributed by atoms with Crippen LogP contribution in [-0.2, 0) is 4.79 Å². The Hall–Kier alpha value is -2.91. The van der Waals surface area contributed by atoms with Gasteiger partial charge in [0.25, 0.3) is 5.69 Å². The molecule has 132 valence electrons. The van der Waals surface area contributed by atoms with Gasteiger partial charge in [-0.2, -0.15) is 13.2 Å². The minimum absolute atomic E-state index is 0.170. The SMILES string of the molecule is O=C(O)[C@@H]1CN(c2ccc([N+](=O)[O-])c3cccnc23)C[C@H]1C(F)(F)F. The fourth-order valence-corrected chi connectivity index (χ4v) is 3.14. The van der Waals surface area contributed by atoms with E-state index in [2.05, 4.69) is 4.98 Å². The molecule has 0 saturated carbocycles. The number of nitrogens with zero attached hydrogens (tertiary/aromatic N) is 3. The third-order valence-corrected chi connectivity index (χ3v) is 4.32. The predicted octanol–water partition coefficient (Wildman–Crippen LogP) is 2.84. The van der Waals surface area contributed by atoms with E-state index in [1.54, 1.807) is 0 Å². The van der Waals surface area contributed by atoms with E-state index in [4.69, 9.17) is 5.11 Å². The normalized spacial score (nSPS) is 20.8. The van der Waals surface area contributed by atoms with Crippen LogP contribution in [0.3, 0.4) is 0 Å². The molecule has 0 radical (unpaired) electrons. The Kier molecular flexibility index (Phi) is 3.97. The van der Waals surface area contributed by atoms with Crippen molar-refractivity contribution in [2.45, 2.75) is 6.18 Å². The van der Waals surface area contributed by atoms with E-state index < -0.39 is 35.4 Å². The molecule has 1 fully saturated rings. The average molecular weight is 355 g/mol. The number of rotatable bonds is 3. The molecule has 1 aliphatic heterocycles. The number of halogens is 3. The minimum Gasteiger partial charge on any atom is -0.481 e. The van der Waals surface area contributed by atoms with E-state index in [9.17, 15) is 28.1 Å². The summed E-state index contributed by atoms with van der Waals surface area (Å²) >= 11 is 0. The minimum atomic E-state index is -4.65. The Morgan fingerprint density at radius 1 is 1.32 bits per heavy atom. The second-order valence-electron chi connectivity index (χ2n) is 5.76. The Labute approximate surface area is 138 Å². The lowest BCUT2D eigenvalue weighted by Crippen LogP contribution is -2.33. The number of alkyl halides is 3. The molecule has 2 atom stereocenters.